The third-order valence-corrected chi connectivity index (χ3v) is 6.11. The zero-order valence-corrected chi connectivity index (χ0v) is 17.4. The number of benzene rings is 2. The van der Waals surface area contributed by atoms with Gasteiger partial charge in [0.1, 0.15) is 5.25 Å². The lowest BCUT2D eigenvalue weighted by molar-refractivity contribution is -0.120. The molecule has 7 heteroatoms. The second kappa shape index (κ2) is 8.84. The number of nitrogens with one attached hydrogen (secondary N) is 1. The van der Waals surface area contributed by atoms with Gasteiger partial charge in [-0.2, -0.15) is 0 Å². The number of amides is 1. The summed E-state index contributed by atoms with van der Waals surface area (Å²) in [6.07, 6.45) is 3.89. The first-order valence-electron chi connectivity index (χ1n) is 9.47. The fourth-order valence-electron chi connectivity index (χ4n) is 2.99. The number of nitrogens with zero attached hydrogens (tertiary/aromatic N) is 3. The molecule has 1 saturated carbocycles. The van der Waals surface area contributed by atoms with Crippen LogP contribution >= 0.6 is 23.4 Å². The van der Waals surface area contributed by atoms with Gasteiger partial charge in [0.25, 0.3) is 0 Å². The zero-order chi connectivity index (χ0) is 20.2. The lowest BCUT2D eigenvalue weighted by Crippen LogP contribution is -2.30. The van der Waals surface area contributed by atoms with E-state index in [-0.39, 0.29) is 5.91 Å². The molecule has 1 heterocycles. The van der Waals surface area contributed by atoms with Gasteiger partial charge in [-0.25, -0.2) is 0 Å². The predicted octanol–water partition coefficient (Wildman–Crippen LogP) is 4.90. The molecule has 5 nitrogen and oxygen atoms in total. The molecule has 1 N–H and O–H groups in total. The standard InChI is InChI=1S/C22H21ClN4OS/c1-2-14-27-20(16-8-10-17(23)11-9-16)25-26-22(27)29-19(15-6-4-3-5-7-15)21(28)24-18-12-13-18/h2-11,18-19H,1,12-14H2,(H,24,28). The second-order valence-corrected chi connectivity index (χ2v) is 8.41. The van der Waals surface area contributed by atoms with Crippen molar-refractivity contribution in [2.75, 3.05) is 0 Å². The smallest absolute Gasteiger partial charge is 0.238 e. The first-order valence-corrected chi connectivity index (χ1v) is 10.7. The monoisotopic (exact) mass is 424 g/mol. The number of hydrogen-bond donors (Lipinski definition) is 1. The molecule has 1 atom stereocenters. The van der Waals surface area contributed by atoms with E-state index in [1.54, 1.807) is 6.08 Å². The Balaban J connectivity index is 1.67. The van der Waals surface area contributed by atoms with E-state index in [9.17, 15) is 4.79 Å². The summed E-state index contributed by atoms with van der Waals surface area (Å²) >= 11 is 7.42. The number of halogens is 1. The van der Waals surface area contributed by atoms with Crippen LogP contribution in [-0.2, 0) is 11.3 Å². The van der Waals surface area contributed by atoms with Crippen LogP contribution in [-0.4, -0.2) is 26.7 Å². The molecule has 1 aromatic heterocycles. The van der Waals surface area contributed by atoms with Gasteiger partial charge < -0.3 is 5.32 Å². The molecule has 29 heavy (non-hydrogen) atoms. The molecule has 3 aromatic rings. The minimum absolute atomic E-state index is 0.00453. The summed E-state index contributed by atoms with van der Waals surface area (Å²) in [5.41, 5.74) is 1.85. The topological polar surface area (TPSA) is 59.8 Å². The quantitative estimate of drug-likeness (QED) is 0.413. The first-order chi connectivity index (χ1) is 14.2. The Morgan fingerprint density at radius 1 is 1.21 bits per heavy atom. The fraction of sp³-hybridized carbons (Fsp3) is 0.227. The Morgan fingerprint density at radius 2 is 1.93 bits per heavy atom. The number of allylic oxidation sites excluding steroid dienone is 1. The third-order valence-electron chi connectivity index (χ3n) is 4.62. The number of carbonyl (C=O) groups excluding carboxylic acids is 1. The molecule has 148 valence electrons. The van der Waals surface area contributed by atoms with Gasteiger partial charge >= 0.3 is 0 Å². The van der Waals surface area contributed by atoms with Crippen LogP contribution in [0.5, 0.6) is 0 Å². The van der Waals surface area contributed by atoms with Crippen LogP contribution in [0.1, 0.15) is 23.7 Å². The molecule has 1 unspecified atom stereocenters. The first kappa shape index (κ1) is 19.7. The lowest BCUT2D eigenvalue weighted by Gasteiger charge is -2.17. The van der Waals surface area contributed by atoms with Crippen molar-refractivity contribution in [3.05, 3.63) is 77.8 Å². The summed E-state index contributed by atoms with van der Waals surface area (Å²) in [5.74, 6) is 0.725. The number of hydrogen-bond acceptors (Lipinski definition) is 4. The SMILES string of the molecule is C=CCn1c(SC(C(=O)NC2CC2)c2ccccc2)nnc1-c1ccc(Cl)cc1. The molecule has 1 aliphatic carbocycles. The van der Waals surface area contributed by atoms with E-state index in [0.29, 0.717) is 22.8 Å². The average molecular weight is 425 g/mol. The Labute approximate surface area is 179 Å². The van der Waals surface area contributed by atoms with Crippen LogP contribution in [0.25, 0.3) is 11.4 Å². The molecule has 0 bridgehead atoms. The second-order valence-electron chi connectivity index (χ2n) is 6.90. The van der Waals surface area contributed by atoms with Crippen LogP contribution in [0.4, 0.5) is 0 Å². The highest BCUT2D eigenvalue weighted by atomic mass is 35.5. The highest BCUT2D eigenvalue weighted by Crippen LogP contribution is 2.37. The molecule has 0 saturated heterocycles. The highest BCUT2D eigenvalue weighted by Gasteiger charge is 2.30. The Hall–Kier alpha value is -2.57. The summed E-state index contributed by atoms with van der Waals surface area (Å²) in [6, 6.07) is 17.6. The Bertz CT molecular complexity index is 999. The molecule has 0 radical (unpaired) electrons. The van der Waals surface area contributed by atoms with Crippen molar-refractivity contribution in [3.63, 3.8) is 0 Å². The minimum atomic E-state index is -0.400. The molecule has 0 spiro atoms. The summed E-state index contributed by atoms with van der Waals surface area (Å²) < 4.78 is 1.97. The number of rotatable bonds is 8. The van der Waals surface area contributed by atoms with E-state index in [2.05, 4.69) is 22.1 Å². The maximum Gasteiger partial charge on any atom is 0.238 e. The largest absolute Gasteiger partial charge is 0.352 e. The maximum absolute atomic E-state index is 13.0. The number of aromatic nitrogens is 3. The van der Waals surface area contributed by atoms with Gasteiger partial charge in [0.2, 0.25) is 5.91 Å². The van der Waals surface area contributed by atoms with Crippen molar-refractivity contribution in [3.8, 4) is 11.4 Å². The van der Waals surface area contributed by atoms with Gasteiger partial charge in [0.05, 0.1) is 0 Å². The number of carbonyl (C=O) groups is 1. The van der Waals surface area contributed by atoms with Gasteiger partial charge in [-0.3, -0.25) is 9.36 Å². The van der Waals surface area contributed by atoms with Crippen LogP contribution < -0.4 is 5.32 Å². The summed E-state index contributed by atoms with van der Waals surface area (Å²) in [6.45, 7) is 4.40. The maximum atomic E-state index is 13.0. The van der Waals surface area contributed by atoms with E-state index in [1.165, 1.54) is 11.8 Å². The van der Waals surface area contributed by atoms with Gasteiger partial charge in [0.15, 0.2) is 11.0 Å². The molecule has 0 aliphatic heterocycles. The average Bonchev–Trinajstić information content (AvgIpc) is 3.47. The third kappa shape index (κ3) is 4.71. The Kier molecular flexibility index (Phi) is 6.02. The molecule has 1 fully saturated rings. The van der Waals surface area contributed by atoms with Crippen molar-refractivity contribution >= 4 is 29.3 Å². The molecular weight excluding hydrogens is 404 g/mol. The zero-order valence-electron chi connectivity index (χ0n) is 15.8. The molecular formula is C22H21ClN4OS. The highest BCUT2D eigenvalue weighted by molar-refractivity contribution is 8.00. The lowest BCUT2D eigenvalue weighted by atomic mass is 10.1. The minimum Gasteiger partial charge on any atom is -0.352 e. The molecule has 2 aromatic carbocycles. The molecule has 1 aliphatic rings. The van der Waals surface area contributed by atoms with Gasteiger partial charge in [0, 0.05) is 23.2 Å². The number of thioether (sulfide) groups is 1. The van der Waals surface area contributed by atoms with Gasteiger partial charge in [-0.05, 0) is 42.7 Å². The van der Waals surface area contributed by atoms with E-state index in [4.69, 9.17) is 11.6 Å². The normalized spacial score (nSPS) is 14.4. The van der Waals surface area contributed by atoms with Crippen LogP contribution in [0.2, 0.25) is 5.02 Å². The van der Waals surface area contributed by atoms with Crippen molar-refractivity contribution in [1.82, 2.24) is 20.1 Å². The van der Waals surface area contributed by atoms with Crippen molar-refractivity contribution in [2.24, 2.45) is 0 Å². The molecule has 1 amide bonds. The molecule has 4 rings (SSSR count). The summed E-state index contributed by atoms with van der Waals surface area (Å²) in [4.78, 5) is 13.0. The van der Waals surface area contributed by atoms with Gasteiger partial charge in [-0.15, -0.1) is 16.8 Å². The van der Waals surface area contributed by atoms with E-state index in [1.807, 2.05) is 59.2 Å². The predicted molar refractivity (Wildman–Crippen MR) is 117 cm³/mol. The van der Waals surface area contributed by atoms with E-state index < -0.39 is 5.25 Å². The van der Waals surface area contributed by atoms with E-state index in [0.717, 1.165) is 29.8 Å². The van der Waals surface area contributed by atoms with Crippen LogP contribution in [0.15, 0.2) is 72.4 Å². The van der Waals surface area contributed by atoms with E-state index >= 15 is 0 Å². The Morgan fingerprint density at radius 3 is 2.59 bits per heavy atom. The van der Waals surface area contributed by atoms with Crippen molar-refractivity contribution in [2.45, 2.75) is 35.8 Å². The summed E-state index contributed by atoms with van der Waals surface area (Å²) in [5, 5.41) is 12.8. The fourth-order valence-corrected chi connectivity index (χ4v) is 4.17. The van der Waals surface area contributed by atoms with Crippen LogP contribution in [0, 0.1) is 0 Å². The van der Waals surface area contributed by atoms with Gasteiger partial charge in [-0.1, -0.05) is 59.8 Å². The van der Waals surface area contributed by atoms with Crippen molar-refractivity contribution in [1.29, 1.82) is 0 Å². The summed E-state index contributed by atoms with van der Waals surface area (Å²) in [7, 11) is 0. The van der Waals surface area contributed by atoms with Crippen LogP contribution in [0.3, 0.4) is 0 Å². The van der Waals surface area contributed by atoms with Crippen molar-refractivity contribution < 1.29 is 4.79 Å².